The van der Waals surface area contributed by atoms with Crippen LogP contribution in [0.1, 0.15) is 30.6 Å². The maximum absolute atomic E-state index is 12.7. The standard InChI is InChI=1S/C16H18ClNO5/c1-9(2)16(15(20)21)3-4-18(7-16)14(19)10-5-11(17)13-12(6-10)22-8-23-13/h5-6,9H,3-4,7-8H2,1-2H3,(H,20,21). The maximum atomic E-state index is 12.7. The van der Waals surface area contributed by atoms with Gasteiger partial charge in [0.2, 0.25) is 6.79 Å². The summed E-state index contributed by atoms with van der Waals surface area (Å²) in [7, 11) is 0. The van der Waals surface area contributed by atoms with Crippen LogP contribution in [0.3, 0.4) is 0 Å². The summed E-state index contributed by atoms with van der Waals surface area (Å²) in [5.41, 5.74) is -0.514. The molecule has 0 radical (unpaired) electrons. The van der Waals surface area contributed by atoms with Crippen LogP contribution >= 0.6 is 11.6 Å². The van der Waals surface area contributed by atoms with Gasteiger partial charge in [-0.25, -0.2) is 0 Å². The zero-order chi connectivity index (χ0) is 16.8. The topological polar surface area (TPSA) is 76.1 Å². The van der Waals surface area contributed by atoms with Crippen LogP contribution < -0.4 is 9.47 Å². The molecule has 0 saturated carbocycles. The minimum absolute atomic E-state index is 0.0573. The Labute approximate surface area is 138 Å². The molecule has 7 heteroatoms. The van der Waals surface area contributed by atoms with Crippen molar-refractivity contribution in [1.82, 2.24) is 4.90 Å². The van der Waals surface area contributed by atoms with Gasteiger partial charge in [0.05, 0.1) is 10.4 Å². The monoisotopic (exact) mass is 339 g/mol. The number of ether oxygens (including phenoxy) is 2. The van der Waals surface area contributed by atoms with Gasteiger partial charge in [0.25, 0.3) is 5.91 Å². The minimum Gasteiger partial charge on any atom is -0.481 e. The van der Waals surface area contributed by atoms with E-state index in [2.05, 4.69) is 0 Å². The van der Waals surface area contributed by atoms with Crippen molar-refractivity contribution in [2.45, 2.75) is 20.3 Å². The Kier molecular flexibility index (Phi) is 3.88. The molecule has 2 aliphatic heterocycles. The molecule has 1 atom stereocenters. The first-order valence-electron chi connectivity index (χ1n) is 7.47. The van der Waals surface area contributed by atoms with Gasteiger partial charge >= 0.3 is 5.97 Å². The van der Waals surface area contributed by atoms with Crippen LogP contribution in [-0.2, 0) is 4.79 Å². The average Bonchev–Trinajstić information content (AvgIpc) is 3.13. The van der Waals surface area contributed by atoms with Crippen LogP contribution in [0.4, 0.5) is 0 Å². The van der Waals surface area contributed by atoms with Crippen LogP contribution in [-0.4, -0.2) is 41.8 Å². The number of likely N-dealkylation sites (tertiary alicyclic amines) is 1. The Morgan fingerprint density at radius 3 is 2.70 bits per heavy atom. The highest BCUT2D eigenvalue weighted by Gasteiger charge is 2.48. The molecule has 1 aromatic rings. The first-order chi connectivity index (χ1) is 10.8. The quantitative estimate of drug-likeness (QED) is 0.916. The van der Waals surface area contributed by atoms with Gasteiger partial charge < -0.3 is 19.5 Å². The third-order valence-corrected chi connectivity index (χ3v) is 5.07. The van der Waals surface area contributed by atoms with Crippen molar-refractivity contribution in [1.29, 1.82) is 0 Å². The van der Waals surface area contributed by atoms with Gasteiger partial charge in [-0.05, 0) is 24.5 Å². The number of fused-ring (bicyclic) bond motifs is 1. The van der Waals surface area contributed by atoms with Crippen LogP contribution in [0.15, 0.2) is 12.1 Å². The summed E-state index contributed by atoms with van der Waals surface area (Å²) in [6, 6.07) is 3.13. The number of carboxylic acid groups (broad SMARTS) is 1. The fourth-order valence-electron chi connectivity index (χ4n) is 3.17. The van der Waals surface area contributed by atoms with E-state index in [0.717, 1.165) is 0 Å². The molecule has 6 nitrogen and oxygen atoms in total. The lowest BCUT2D eigenvalue weighted by atomic mass is 9.76. The Hall–Kier alpha value is -1.95. The number of amides is 1. The molecular weight excluding hydrogens is 322 g/mol. The van der Waals surface area contributed by atoms with Crippen LogP contribution in [0.5, 0.6) is 11.5 Å². The highest BCUT2D eigenvalue weighted by molar-refractivity contribution is 6.32. The van der Waals surface area contributed by atoms with Gasteiger partial charge in [-0.15, -0.1) is 0 Å². The van der Waals surface area contributed by atoms with Gasteiger partial charge in [-0.3, -0.25) is 9.59 Å². The van der Waals surface area contributed by atoms with E-state index < -0.39 is 11.4 Å². The number of benzene rings is 1. The Bertz CT molecular complexity index is 675. The number of carboxylic acids is 1. The predicted molar refractivity (Wildman–Crippen MR) is 83.0 cm³/mol. The maximum Gasteiger partial charge on any atom is 0.311 e. The van der Waals surface area contributed by atoms with E-state index in [9.17, 15) is 14.7 Å². The molecule has 0 spiro atoms. The molecule has 1 N–H and O–H groups in total. The first kappa shape index (κ1) is 15.9. The van der Waals surface area contributed by atoms with E-state index >= 15 is 0 Å². The third-order valence-electron chi connectivity index (χ3n) is 4.79. The lowest BCUT2D eigenvalue weighted by molar-refractivity contribution is -0.150. The van der Waals surface area contributed by atoms with Crippen LogP contribution in [0.25, 0.3) is 0 Å². The lowest BCUT2D eigenvalue weighted by Crippen LogP contribution is -2.40. The largest absolute Gasteiger partial charge is 0.481 e. The molecule has 1 unspecified atom stereocenters. The summed E-state index contributed by atoms with van der Waals surface area (Å²) in [6.45, 7) is 4.44. The molecule has 1 saturated heterocycles. The number of nitrogens with zero attached hydrogens (tertiary/aromatic N) is 1. The molecule has 1 fully saturated rings. The van der Waals surface area contributed by atoms with Crippen molar-refractivity contribution in [3.05, 3.63) is 22.7 Å². The third kappa shape index (κ3) is 2.51. The fraction of sp³-hybridized carbons (Fsp3) is 0.500. The molecule has 0 bridgehead atoms. The number of rotatable bonds is 3. The van der Waals surface area contributed by atoms with E-state index in [-0.39, 0.29) is 25.2 Å². The van der Waals surface area contributed by atoms with Crippen molar-refractivity contribution in [2.75, 3.05) is 19.9 Å². The van der Waals surface area contributed by atoms with E-state index in [0.29, 0.717) is 35.1 Å². The Morgan fingerprint density at radius 2 is 2.09 bits per heavy atom. The number of carbonyl (C=O) groups excluding carboxylic acids is 1. The van der Waals surface area contributed by atoms with Crippen molar-refractivity contribution in [3.63, 3.8) is 0 Å². The van der Waals surface area contributed by atoms with Gasteiger partial charge in [0, 0.05) is 18.7 Å². The minimum atomic E-state index is -0.893. The van der Waals surface area contributed by atoms with Crippen LogP contribution in [0.2, 0.25) is 5.02 Å². The van der Waals surface area contributed by atoms with E-state index in [1.165, 1.54) is 6.07 Å². The summed E-state index contributed by atoms with van der Waals surface area (Å²) in [5.74, 6) is -0.279. The Morgan fingerprint density at radius 1 is 1.35 bits per heavy atom. The fourth-order valence-corrected chi connectivity index (χ4v) is 3.44. The molecule has 0 aliphatic carbocycles. The number of carbonyl (C=O) groups is 2. The van der Waals surface area contributed by atoms with E-state index in [1.54, 1.807) is 11.0 Å². The molecule has 3 rings (SSSR count). The molecule has 23 heavy (non-hydrogen) atoms. The van der Waals surface area contributed by atoms with Gasteiger partial charge in [0.15, 0.2) is 11.5 Å². The van der Waals surface area contributed by atoms with Gasteiger partial charge in [0.1, 0.15) is 0 Å². The van der Waals surface area contributed by atoms with Gasteiger partial charge in [-0.1, -0.05) is 25.4 Å². The number of halogens is 1. The second kappa shape index (κ2) is 5.60. The second-order valence-electron chi connectivity index (χ2n) is 6.28. The van der Waals surface area contributed by atoms with Crippen molar-refractivity contribution < 1.29 is 24.2 Å². The summed E-state index contributed by atoms with van der Waals surface area (Å²) >= 11 is 6.11. The number of hydrogen-bond acceptors (Lipinski definition) is 4. The Balaban J connectivity index is 1.85. The number of aliphatic carboxylic acids is 1. The summed E-state index contributed by atoms with van der Waals surface area (Å²) in [4.78, 5) is 26.0. The summed E-state index contributed by atoms with van der Waals surface area (Å²) < 4.78 is 10.5. The van der Waals surface area contributed by atoms with Gasteiger partial charge in [-0.2, -0.15) is 0 Å². The van der Waals surface area contributed by atoms with Crippen molar-refractivity contribution >= 4 is 23.5 Å². The van der Waals surface area contributed by atoms with E-state index in [4.69, 9.17) is 21.1 Å². The zero-order valence-corrected chi connectivity index (χ0v) is 13.7. The SMILES string of the molecule is CC(C)C1(C(=O)O)CCN(C(=O)c2cc(Cl)c3c(c2)OCO3)C1. The highest BCUT2D eigenvalue weighted by Crippen LogP contribution is 2.42. The summed E-state index contributed by atoms with van der Waals surface area (Å²) in [5, 5.41) is 9.90. The summed E-state index contributed by atoms with van der Waals surface area (Å²) in [6.07, 6.45) is 0.448. The average molecular weight is 340 g/mol. The second-order valence-corrected chi connectivity index (χ2v) is 6.69. The molecule has 2 heterocycles. The highest BCUT2D eigenvalue weighted by atomic mass is 35.5. The normalized spacial score (nSPS) is 22.7. The molecule has 0 aromatic heterocycles. The number of hydrogen-bond donors (Lipinski definition) is 1. The predicted octanol–water partition coefficient (Wildman–Crippen LogP) is 2.64. The molecule has 2 aliphatic rings. The van der Waals surface area contributed by atoms with Crippen molar-refractivity contribution in [3.8, 4) is 11.5 Å². The van der Waals surface area contributed by atoms with Crippen LogP contribution in [0, 0.1) is 11.3 Å². The first-order valence-corrected chi connectivity index (χ1v) is 7.85. The van der Waals surface area contributed by atoms with Crippen molar-refractivity contribution in [2.24, 2.45) is 11.3 Å². The van der Waals surface area contributed by atoms with E-state index in [1.807, 2.05) is 13.8 Å². The smallest absolute Gasteiger partial charge is 0.311 e. The molecule has 1 aromatic carbocycles. The lowest BCUT2D eigenvalue weighted by Gasteiger charge is -2.28. The molecule has 1 amide bonds. The zero-order valence-electron chi connectivity index (χ0n) is 13.0. The molecular formula is C16H18ClNO5. The molecule has 124 valence electrons.